The number of carbonyl (C=O) groups is 1. The second-order valence-corrected chi connectivity index (χ2v) is 8.57. The van der Waals surface area contributed by atoms with Gasteiger partial charge in [-0.3, -0.25) is 4.79 Å². The second kappa shape index (κ2) is 8.00. The second-order valence-electron chi connectivity index (χ2n) is 6.86. The molecule has 0 heterocycles. The summed E-state index contributed by atoms with van der Waals surface area (Å²) in [6.07, 6.45) is 0. The molecule has 3 rings (SSSR count). The van der Waals surface area contributed by atoms with Crippen molar-refractivity contribution < 1.29 is 18.3 Å². The van der Waals surface area contributed by atoms with E-state index in [0.717, 1.165) is 10.8 Å². The Bertz CT molecular complexity index is 1110. The molecule has 0 bridgehead atoms. The van der Waals surface area contributed by atoms with E-state index < -0.39 is 22.0 Å². The van der Waals surface area contributed by atoms with Crippen LogP contribution < -0.4 is 10.0 Å². The number of nitrogens with one attached hydrogen (secondary N) is 2. The van der Waals surface area contributed by atoms with Gasteiger partial charge in [-0.2, -0.15) is 4.72 Å². The van der Waals surface area contributed by atoms with Crippen molar-refractivity contribution >= 4 is 32.4 Å². The fraction of sp³-hybridized carbons (Fsp3) is 0.190. The summed E-state index contributed by atoms with van der Waals surface area (Å²) in [6, 6.07) is 17.6. The summed E-state index contributed by atoms with van der Waals surface area (Å²) in [6.45, 7) is 3.50. The van der Waals surface area contributed by atoms with Crippen LogP contribution in [0.4, 0.5) is 5.69 Å². The van der Waals surface area contributed by atoms with E-state index in [2.05, 4.69) is 10.0 Å². The Balaban J connectivity index is 1.85. The van der Waals surface area contributed by atoms with Crippen LogP contribution >= 0.6 is 0 Å². The fourth-order valence-electron chi connectivity index (χ4n) is 2.85. The number of fused-ring (bicyclic) bond motifs is 1. The van der Waals surface area contributed by atoms with E-state index in [9.17, 15) is 18.3 Å². The van der Waals surface area contributed by atoms with E-state index >= 15 is 0 Å². The summed E-state index contributed by atoms with van der Waals surface area (Å²) in [5, 5.41) is 14.1. The third kappa shape index (κ3) is 4.32. The van der Waals surface area contributed by atoms with Gasteiger partial charge >= 0.3 is 0 Å². The van der Waals surface area contributed by atoms with Crippen LogP contribution in [-0.4, -0.2) is 25.5 Å². The van der Waals surface area contributed by atoms with Gasteiger partial charge < -0.3 is 10.4 Å². The maximum absolute atomic E-state index is 12.9. The first-order chi connectivity index (χ1) is 13.3. The Morgan fingerprint density at radius 1 is 0.929 bits per heavy atom. The van der Waals surface area contributed by atoms with Crippen LogP contribution in [-0.2, 0) is 14.8 Å². The summed E-state index contributed by atoms with van der Waals surface area (Å²) in [7, 11) is -3.92. The number of para-hydroxylation sites is 2. The Morgan fingerprint density at radius 3 is 2.25 bits per heavy atom. The predicted octanol–water partition coefficient (Wildman–Crippen LogP) is 3.49. The van der Waals surface area contributed by atoms with Gasteiger partial charge in [0.15, 0.2) is 0 Å². The first-order valence-electron chi connectivity index (χ1n) is 8.88. The van der Waals surface area contributed by atoms with E-state index in [0.29, 0.717) is 0 Å². The smallest absolute Gasteiger partial charge is 0.242 e. The van der Waals surface area contributed by atoms with Crippen LogP contribution in [0.15, 0.2) is 71.6 Å². The van der Waals surface area contributed by atoms with Gasteiger partial charge in [-0.1, -0.05) is 56.3 Å². The number of carbonyl (C=O) groups excluding carboxylic acids is 1. The lowest BCUT2D eigenvalue weighted by Crippen LogP contribution is -2.47. The van der Waals surface area contributed by atoms with Crippen LogP contribution in [0, 0.1) is 5.92 Å². The van der Waals surface area contributed by atoms with E-state index in [1.807, 2.05) is 24.3 Å². The van der Waals surface area contributed by atoms with E-state index in [-0.39, 0.29) is 22.3 Å². The van der Waals surface area contributed by atoms with Gasteiger partial charge in [0.1, 0.15) is 11.8 Å². The Hall–Kier alpha value is -2.90. The molecule has 1 amide bonds. The lowest BCUT2D eigenvalue weighted by atomic mass is 10.0. The third-order valence-corrected chi connectivity index (χ3v) is 5.86. The largest absolute Gasteiger partial charge is 0.506 e. The highest BCUT2D eigenvalue weighted by atomic mass is 32.2. The summed E-state index contributed by atoms with van der Waals surface area (Å²) in [4.78, 5) is 12.8. The average Bonchev–Trinajstić information content (AvgIpc) is 2.67. The number of amides is 1. The molecule has 7 heteroatoms. The number of hydrogen-bond acceptors (Lipinski definition) is 4. The van der Waals surface area contributed by atoms with Gasteiger partial charge in [0, 0.05) is 0 Å². The van der Waals surface area contributed by atoms with Gasteiger partial charge in [0.05, 0.1) is 10.6 Å². The maximum Gasteiger partial charge on any atom is 0.242 e. The summed E-state index contributed by atoms with van der Waals surface area (Å²) in [5.41, 5.74) is 0.225. The van der Waals surface area contributed by atoms with Crippen molar-refractivity contribution in [2.45, 2.75) is 24.8 Å². The quantitative estimate of drug-likeness (QED) is 0.554. The zero-order chi connectivity index (χ0) is 20.3. The van der Waals surface area contributed by atoms with Crippen molar-refractivity contribution in [1.29, 1.82) is 0 Å². The minimum absolute atomic E-state index is 0.0873. The van der Waals surface area contributed by atoms with Crippen LogP contribution in [0.5, 0.6) is 5.75 Å². The summed E-state index contributed by atoms with van der Waals surface area (Å²) >= 11 is 0. The van der Waals surface area contributed by atoms with Crippen LogP contribution in [0.1, 0.15) is 13.8 Å². The molecule has 1 atom stereocenters. The molecule has 0 fully saturated rings. The topological polar surface area (TPSA) is 95.5 Å². The molecule has 0 unspecified atom stereocenters. The standard InChI is InChI=1S/C21H22N2O4S/c1-14(2)20(21(25)22-18-9-5-6-10-19(18)24)23-28(26,27)17-12-11-15-7-3-4-8-16(15)13-17/h3-14,20,23-24H,1-2H3,(H,22,25)/t20-/m1/s1. The van der Waals surface area contributed by atoms with Crippen LogP contribution in [0.3, 0.4) is 0 Å². The zero-order valence-corrected chi connectivity index (χ0v) is 16.4. The van der Waals surface area contributed by atoms with Gasteiger partial charge in [-0.25, -0.2) is 8.42 Å². The average molecular weight is 398 g/mol. The van der Waals surface area contributed by atoms with Crippen molar-refractivity contribution in [2.24, 2.45) is 5.92 Å². The molecular formula is C21H22N2O4S. The van der Waals surface area contributed by atoms with Crippen molar-refractivity contribution in [3.05, 3.63) is 66.7 Å². The third-order valence-electron chi connectivity index (χ3n) is 4.42. The fourth-order valence-corrected chi connectivity index (χ4v) is 4.23. The molecule has 28 heavy (non-hydrogen) atoms. The molecule has 0 aliphatic rings. The Labute approximate surface area is 164 Å². The number of phenolic OH excluding ortho intramolecular Hbond substituents is 1. The highest BCUT2D eigenvalue weighted by Crippen LogP contribution is 2.23. The number of hydrogen-bond donors (Lipinski definition) is 3. The number of rotatable bonds is 6. The molecule has 0 aliphatic carbocycles. The molecule has 0 aromatic heterocycles. The maximum atomic E-state index is 12.9. The molecule has 0 radical (unpaired) electrons. The molecule has 0 spiro atoms. The van der Waals surface area contributed by atoms with Gasteiger partial charge in [-0.05, 0) is 41.0 Å². The predicted molar refractivity (Wildman–Crippen MR) is 110 cm³/mol. The lowest BCUT2D eigenvalue weighted by molar-refractivity contribution is -0.118. The monoisotopic (exact) mass is 398 g/mol. The van der Waals surface area contributed by atoms with Gasteiger partial charge in [-0.15, -0.1) is 0 Å². The van der Waals surface area contributed by atoms with Crippen molar-refractivity contribution in [3.63, 3.8) is 0 Å². The molecule has 0 saturated heterocycles. The summed E-state index contributed by atoms with van der Waals surface area (Å²) < 4.78 is 28.2. The minimum Gasteiger partial charge on any atom is -0.506 e. The highest BCUT2D eigenvalue weighted by Gasteiger charge is 2.29. The van der Waals surface area contributed by atoms with Crippen molar-refractivity contribution in [3.8, 4) is 5.75 Å². The zero-order valence-electron chi connectivity index (χ0n) is 15.6. The Morgan fingerprint density at radius 2 is 1.57 bits per heavy atom. The van der Waals surface area contributed by atoms with E-state index in [1.54, 1.807) is 44.2 Å². The molecule has 3 N–H and O–H groups in total. The van der Waals surface area contributed by atoms with Crippen LogP contribution in [0.25, 0.3) is 10.8 Å². The summed E-state index contributed by atoms with van der Waals surface area (Å²) in [5.74, 6) is -0.933. The molecule has 0 saturated carbocycles. The van der Waals surface area contributed by atoms with Gasteiger partial charge in [0.25, 0.3) is 0 Å². The van der Waals surface area contributed by atoms with Crippen molar-refractivity contribution in [2.75, 3.05) is 5.32 Å². The van der Waals surface area contributed by atoms with Crippen molar-refractivity contribution in [1.82, 2.24) is 4.72 Å². The Kier molecular flexibility index (Phi) is 5.67. The van der Waals surface area contributed by atoms with E-state index in [4.69, 9.17) is 0 Å². The number of anilines is 1. The first kappa shape index (κ1) is 19.9. The van der Waals surface area contributed by atoms with Gasteiger partial charge in [0.2, 0.25) is 15.9 Å². The van der Waals surface area contributed by atoms with Crippen LogP contribution in [0.2, 0.25) is 0 Å². The molecule has 3 aromatic rings. The van der Waals surface area contributed by atoms with E-state index in [1.165, 1.54) is 12.1 Å². The molecule has 146 valence electrons. The number of sulfonamides is 1. The highest BCUT2D eigenvalue weighted by molar-refractivity contribution is 7.89. The number of aromatic hydroxyl groups is 1. The lowest BCUT2D eigenvalue weighted by Gasteiger charge is -2.22. The SMILES string of the molecule is CC(C)[C@@H](NS(=O)(=O)c1ccc2ccccc2c1)C(=O)Nc1ccccc1O. The normalized spacial score (nSPS) is 12.8. The molecule has 6 nitrogen and oxygen atoms in total. The molecular weight excluding hydrogens is 376 g/mol. The minimum atomic E-state index is -3.92. The number of phenols is 1. The molecule has 3 aromatic carbocycles. The molecule has 0 aliphatic heterocycles. The number of benzene rings is 3. The first-order valence-corrected chi connectivity index (χ1v) is 10.4.